The zero-order valence-electron chi connectivity index (χ0n) is 15.6. The van der Waals surface area contributed by atoms with Crippen LogP contribution in [0.3, 0.4) is 0 Å². The predicted molar refractivity (Wildman–Crippen MR) is 106 cm³/mol. The number of amides is 1. The van der Waals surface area contributed by atoms with Crippen molar-refractivity contribution in [2.24, 2.45) is 10.9 Å². The molecule has 1 atom stereocenters. The molecule has 2 aromatic carbocycles. The number of carbonyl (C=O) groups excluding carboxylic acids is 1. The minimum atomic E-state index is -3.63. The summed E-state index contributed by atoms with van der Waals surface area (Å²) in [6, 6.07) is 13.6. The van der Waals surface area contributed by atoms with Crippen LogP contribution in [0.25, 0.3) is 0 Å². The van der Waals surface area contributed by atoms with Gasteiger partial charge in [0.1, 0.15) is 11.9 Å². The highest BCUT2D eigenvalue weighted by Gasteiger charge is 2.32. The van der Waals surface area contributed by atoms with Gasteiger partial charge < -0.3 is 5.32 Å². The number of anilines is 1. The molecule has 3 rings (SSSR count). The second-order valence-corrected chi connectivity index (χ2v) is 8.46. The molecule has 0 bridgehead atoms. The Morgan fingerprint density at radius 3 is 2.59 bits per heavy atom. The molecule has 142 valence electrons. The van der Waals surface area contributed by atoms with E-state index in [2.05, 4.69) is 15.0 Å². The van der Waals surface area contributed by atoms with E-state index in [-0.39, 0.29) is 22.6 Å². The molecule has 0 saturated heterocycles. The maximum atomic E-state index is 12.8. The van der Waals surface area contributed by atoms with E-state index in [1.165, 1.54) is 6.07 Å². The van der Waals surface area contributed by atoms with Gasteiger partial charge in [-0.2, -0.15) is 0 Å². The van der Waals surface area contributed by atoms with Crippen molar-refractivity contribution < 1.29 is 13.2 Å². The van der Waals surface area contributed by atoms with Crippen LogP contribution in [0.2, 0.25) is 0 Å². The summed E-state index contributed by atoms with van der Waals surface area (Å²) >= 11 is 0. The van der Waals surface area contributed by atoms with Crippen LogP contribution in [0, 0.1) is 5.92 Å². The zero-order chi connectivity index (χ0) is 19.6. The highest BCUT2D eigenvalue weighted by atomic mass is 32.2. The molecule has 1 aliphatic heterocycles. The lowest BCUT2D eigenvalue weighted by Gasteiger charge is -2.17. The molecular weight excluding hydrogens is 362 g/mol. The van der Waals surface area contributed by atoms with E-state index in [1.807, 2.05) is 45.0 Å². The van der Waals surface area contributed by atoms with Gasteiger partial charge in [0.25, 0.3) is 10.0 Å². The van der Waals surface area contributed by atoms with Crippen molar-refractivity contribution in [3.8, 4) is 0 Å². The molecule has 2 aromatic rings. The summed E-state index contributed by atoms with van der Waals surface area (Å²) in [5, 5.41) is 2.89. The maximum Gasteiger partial charge on any atom is 0.263 e. The van der Waals surface area contributed by atoms with Gasteiger partial charge in [-0.3, -0.25) is 14.5 Å². The molecule has 0 unspecified atom stereocenters. The van der Waals surface area contributed by atoms with Gasteiger partial charge >= 0.3 is 0 Å². The molecular formula is C20H23N3O3S. The topological polar surface area (TPSA) is 87.6 Å². The van der Waals surface area contributed by atoms with E-state index < -0.39 is 16.1 Å². The van der Waals surface area contributed by atoms with Crippen LogP contribution in [0.4, 0.5) is 5.69 Å². The van der Waals surface area contributed by atoms with Gasteiger partial charge in [0, 0.05) is 11.3 Å². The highest BCUT2D eigenvalue weighted by molar-refractivity contribution is 7.90. The first-order valence-corrected chi connectivity index (χ1v) is 10.4. The number of sulfonamides is 1. The first-order chi connectivity index (χ1) is 12.8. The van der Waals surface area contributed by atoms with Crippen molar-refractivity contribution in [1.82, 2.24) is 4.72 Å². The highest BCUT2D eigenvalue weighted by Crippen LogP contribution is 2.24. The van der Waals surface area contributed by atoms with Crippen molar-refractivity contribution in [1.29, 1.82) is 0 Å². The molecule has 0 fully saturated rings. The average Bonchev–Trinajstić information content (AvgIpc) is 2.90. The van der Waals surface area contributed by atoms with Gasteiger partial charge in [-0.05, 0) is 42.2 Å². The molecule has 27 heavy (non-hydrogen) atoms. The van der Waals surface area contributed by atoms with Gasteiger partial charge in [0.2, 0.25) is 5.91 Å². The fraction of sp³-hybridized carbons (Fsp3) is 0.300. The second kappa shape index (κ2) is 7.52. The number of fused-ring (bicyclic) bond motifs is 1. The normalized spacial score (nSPS) is 17.4. The maximum absolute atomic E-state index is 12.8. The predicted octanol–water partition coefficient (Wildman–Crippen LogP) is 2.95. The minimum Gasteiger partial charge on any atom is -0.324 e. The van der Waals surface area contributed by atoms with Crippen LogP contribution >= 0.6 is 0 Å². The van der Waals surface area contributed by atoms with Gasteiger partial charge in [0.05, 0.1) is 4.90 Å². The number of hydrogen-bond acceptors (Lipinski definition) is 4. The fourth-order valence-corrected chi connectivity index (χ4v) is 4.20. The number of benzene rings is 2. The molecule has 1 heterocycles. The third-order valence-electron chi connectivity index (χ3n) is 4.43. The van der Waals surface area contributed by atoms with Crippen LogP contribution in [-0.2, 0) is 21.2 Å². The van der Waals surface area contributed by atoms with E-state index >= 15 is 0 Å². The Bertz CT molecular complexity index is 997. The second-order valence-electron chi connectivity index (χ2n) is 6.81. The molecule has 0 aliphatic carbocycles. The molecule has 0 radical (unpaired) electrons. The quantitative estimate of drug-likeness (QED) is 0.829. The zero-order valence-corrected chi connectivity index (χ0v) is 16.4. The summed E-state index contributed by atoms with van der Waals surface area (Å²) in [7, 11) is -3.63. The Labute approximate surface area is 159 Å². The Hall–Kier alpha value is -2.67. The monoisotopic (exact) mass is 385 g/mol. The molecule has 1 aliphatic rings. The van der Waals surface area contributed by atoms with Crippen LogP contribution < -0.4 is 10.0 Å². The first-order valence-electron chi connectivity index (χ1n) is 8.91. The molecule has 0 saturated carbocycles. The van der Waals surface area contributed by atoms with E-state index in [0.717, 1.165) is 12.0 Å². The van der Waals surface area contributed by atoms with E-state index in [1.54, 1.807) is 18.2 Å². The number of nitrogens with zero attached hydrogens (tertiary/aromatic N) is 1. The van der Waals surface area contributed by atoms with Crippen LogP contribution in [0.1, 0.15) is 31.9 Å². The molecule has 0 spiro atoms. The van der Waals surface area contributed by atoms with Crippen LogP contribution in [0.5, 0.6) is 0 Å². The average molecular weight is 385 g/mol. The number of amidine groups is 1. The van der Waals surface area contributed by atoms with Crippen LogP contribution in [-0.4, -0.2) is 26.2 Å². The minimum absolute atomic E-state index is 0.107. The Balaban J connectivity index is 1.90. The van der Waals surface area contributed by atoms with Crippen molar-refractivity contribution in [3.63, 3.8) is 0 Å². The Morgan fingerprint density at radius 1 is 1.15 bits per heavy atom. The Morgan fingerprint density at radius 2 is 1.89 bits per heavy atom. The van der Waals surface area contributed by atoms with E-state index in [4.69, 9.17) is 0 Å². The lowest BCUT2D eigenvalue weighted by Crippen LogP contribution is -2.34. The summed E-state index contributed by atoms with van der Waals surface area (Å²) < 4.78 is 27.0. The lowest BCUT2D eigenvalue weighted by atomic mass is 10.0. The third kappa shape index (κ3) is 4.03. The molecule has 0 aromatic heterocycles. The SMILES string of the molecule is CCc1cccc(NC(=O)[C@H](N=C2NS(=O)(=O)c3ccccc32)C(C)C)c1. The van der Waals surface area contributed by atoms with Crippen molar-refractivity contribution in [2.45, 2.75) is 38.1 Å². The number of carbonyl (C=O) groups is 1. The van der Waals surface area contributed by atoms with Crippen molar-refractivity contribution in [3.05, 3.63) is 59.7 Å². The van der Waals surface area contributed by atoms with Gasteiger partial charge in [-0.25, -0.2) is 8.42 Å². The molecule has 2 N–H and O–H groups in total. The summed E-state index contributed by atoms with van der Waals surface area (Å²) in [4.78, 5) is 17.5. The number of rotatable bonds is 5. The van der Waals surface area contributed by atoms with E-state index in [0.29, 0.717) is 11.3 Å². The number of hydrogen-bond donors (Lipinski definition) is 2. The lowest BCUT2D eigenvalue weighted by molar-refractivity contribution is -0.118. The van der Waals surface area contributed by atoms with Gasteiger partial charge in [-0.15, -0.1) is 0 Å². The van der Waals surface area contributed by atoms with Gasteiger partial charge in [-0.1, -0.05) is 45.0 Å². The fourth-order valence-electron chi connectivity index (χ4n) is 2.96. The molecule has 1 amide bonds. The molecule has 7 heteroatoms. The van der Waals surface area contributed by atoms with Gasteiger partial charge in [0.15, 0.2) is 0 Å². The largest absolute Gasteiger partial charge is 0.324 e. The van der Waals surface area contributed by atoms with Crippen LogP contribution in [0.15, 0.2) is 58.4 Å². The first kappa shape index (κ1) is 19.1. The summed E-state index contributed by atoms with van der Waals surface area (Å²) in [6.45, 7) is 5.81. The number of aliphatic imine (C=N–C) groups is 1. The standard InChI is InChI=1S/C20H23N3O3S/c1-4-14-8-7-9-15(12-14)21-20(24)18(13(2)3)22-19-16-10-5-6-11-17(16)27(25,26)23-19/h5-13,18H,4H2,1-3H3,(H,21,24)(H,22,23)/t18-/m1/s1. The molecule has 6 nitrogen and oxygen atoms in total. The smallest absolute Gasteiger partial charge is 0.263 e. The summed E-state index contributed by atoms with van der Waals surface area (Å²) in [5.74, 6) is -0.166. The summed E-state index contributed by atoms with van der Waals surface area (Å²) in [6.07, 6.45) is 0.873. The number of nitrogens with one attached hydrogen (secondary N) is 2. The van der Waals surface area contributed by atoms with Crippen molar-refractivity contribution in [2.75, 3.05) is 5.32 Å². The van der Waals surface area contributed by atoms with E-state index in [9.17, 15) is 13.2 Å². The van der Waals surface area contributed by atoms with Crippen molar-refractivity contribution >= 4 is 27.5 Å². The third-order valence-corrected chi connectivity index (χ3v) is 5.83. The summed E-state index contributed by atoms with van der Waals surface area (Å²) in [5.41, 5.74) is 2.32. The number of aryl methyl sites for hydroxylation is 1. The Kier molecular flexibility index (Phi) is 5.32.